The summed E-state index contributed by atoms with van der Waals surface area (Å²) in [6, 6.07) is 0. The van der Waals surface area contributed by atoms with Gasteiger partial charge in [0.15, 0.2) is 0 Å². The fraction of sp³-hybridized carbons (Fsp3) is 0.750. The Morgan fingerprint density at radius 1 is 1.21 bits per heavy atom. The molecule has 0 aromatic carbocycles. The summed E-state index contributed by atoms with van der Waals surface area (Å²) in [5, 5.41) is 0. The summed E-state index contributed by atoms with van der Waals surface area (Å²) in [7, 11) is 0. The van der Waals surface area contributed by atoms with Gasteiger partial charge in [0.05, 0.1) is 0 Å². The van der Waals surface area contributed by atoms with Gasteiger partial charge in [-0.15, -0.1) is 12.3 Å². The van der Waals surface area contributed by atoms with E-state index in [0.717, 1.165) is 38.5 Å². The lowest BCUT2D eigenvalue weighted by Gasteiger charge is -2.14. The van der Waals surface area contributed by atoms with Gasteiger partial charge in [-0.3, -0.25) is 4.79 Å². The molecular weight excluding hydrogens is 240 g/mol. The maximum atomic E-state index is 11.7. The van der Waals surface area contributed by atoms with E-state index in [1.165, 1.54) is 0 Å². The van der Waals surface area contributed by atoms with Crippen molar-refractivity contribution < 1.29 is 14.3 Å². The molecule has 3 nitrogen and oxygen atoms in total. The molecule has 0 aliphatic heterocycles. The average Bonchev–Trinajstić information content (AvgIpc) is 3.17. The van der Waals surface area contributed by atoms with Crippen molar-refractivity contribution in [1.29, 1.82) is 0 Å². The van der Waals surface area contributed by atoms with Crippen molar-refractivity contribution in [2.75, 3.05) is 0 Å². The Balaban J connectivity index is 2.04. The first-order valence-electron chi connectivity index (χ1n) is 7.26. The highest BCUT2D eigenvalue weighted by Gasteiger charge is 2.33. The van der Waals surface area contributed by atoms with Gasteiger partial charge in [0, 0.05) is 19.3 Å². The zero-order valence-corrected chi connectivity index (χ0v) is 11.8. The van der Waals surface area contributed by atoms with Crippen LogP contribution in [0.25, 0.3) is 0 Å². The van der Waals surface area contributed by atoms with Crippen LogP contribution in [0.2, 0.25) is 0 Å². The van der Waals surface area contributed by atoms with Crippen LogP contribution in [0.3, 0.4) is 0 Å². The van der Waals surface area contributed by atoms with Crippen LogP contribution in [0.4, 0.5) is 0 Å². The molecule has 3 heteroatoms. The van der Waals surface area contributed by atoms with E-state index in [2.05, 4.69) is 5.92 Å². The second-order valence-electron chi connectivity index (χ2n) is 5.39. The third-order valence-corrected chi connectivity index (χ3v) is 3.41. The number of esters is 1. The van der Waals surface area contributed by atoms with Gasteiger partial charge in [-0.2, -0.15) is 0 Å². The van der Waals surface area contributed by atoms with E-state index in [9.17, 15) is 9.59 Å². The van der Waals surface area contributed by atoms with Crippen molar-refractivity contribution in [2.45, 2.75) is 70.8 Å². The van der Waals surface area contributed by atoms with Crippen molar-refractivity contribution in [1.82, 2.24) is 0 Å². The normalized spacial score (nSPS) is 15.6. The van der Waals surface area contributed by atoms with Crippen molar-refractivity contribution in [3.05, 3.63) is 0 Å². The van der Waals surface area contributed by atoms with Crippen molar-refractivity contribution in [3.63, 3.8) is 0 Å². The maximum Gasteiger partial charge on any atom is 0.306 e. The lowest BCUT2D eigenvalue weighted by atomic mass is 10.1. The number of unbranched alkanes of at least 4 members (excludes halogenated alkanes) is 3. The standard InChI is InChI=1S/C16H24O3/c1-3-8-15(14-11-12-14)19-16(18)10-7-5-4-6-9-13(2)17/h1,14-15H,4-12H2,2H3. The van der Waals surface area contributed by atoms with Crippen LogP contribution in [-0.2, 0) is 14.3 Å². The third-order valence-electron chi connectivity index (χ3n) is 3.41. The fourth-order valence-corrected chi connectivity index (χ4v) is 2.11. The van der Waals surface area contributed by atoms with E-state index in [0.29, 0.717) is 25.2 Å². The monoisotopic (exact) mass is 264 g/mol. The summed E-state index contributed by atoms with van der Waals surface area (Å²) in [5.74, 6) is 3.19. The highest BCUT2D eigenvalue weighted by molar-refractivity contribution is 5.75. The average molecular weight is 264 g/mol. The van der Waals surface area contributed by atoms with E-state index >= 15 is 0 Å². The number of hydrogen-bond acceptors (Lipinski definition) is 3. The SMILES string of the molecule is C#CCC(OC(=O)CCCCCCC(C)=O)C1CC1. The highest BCUT2D eigenvalue weighted by atomic mass is 16.5. The second kappa shape index (κ2) is 8.74. The van der Waals surface area contributed by atoms with Crippen molar-refractivity contribution >= 4 is 11.8 Å². The number of hydrogen-bond donors (Lipinski definition) is 0. The van der Waals surface area contributed by atoms with Crippen LogP contribution < -0.4 is 0 Å². The van der Waals surface area contributed by atoms with Gasteiger partial charge in [0.2, 0.25) is 0 Å². The smallest absolute Gasteiger partial charge is 0.306 e. The Bertz CT molecular complexity index is 336. The molecular formula is C16H24O3. The molecule has 1 unspecified atom stereocenters. The Morgan fingerprint density at radius 3 is 2.37 bits per heavy atom. The molecule has 0 radical (unpaired) electrons. The number of carbonyl (C=O) groups is 2. The summed E-state index contributed by atoms with van der Waals surface area (Å²) in [5.41, 5.74) is 0. The molecule has 1 aliphatic carbocycles. The molecule has 0 saturated heterocycles. The van der Waals surface area contributed by atoms with Gasteiger partial charge in [-0.05, 0) is 38.5 Å². The molecule has 0 N–H and O–H groups in total. The van der Waals surface area contributed by atoms with Crippen LogP contribution in [0, 0.1) is 18.3 Å². The van der Waals surface area contributed by atoms with E-state index < -0.39 is 0 Å². The van der Waals surface area contributed by atoms with E-state index in [4.69, 9.17) is 11.2 Å². The maximum absolute atomic E-state index is 11.7. The quantitative estimate of drug-likeness (QED) is 0.345. The van der Waals surface area contributed by atoms with Crippen LogP contribution in [0.1, 0.15) is 64.7 Å². The summed E-state index contributed by atoms with van der Waals surface area (Å²) in [6.07, 6.45) is 12.9. The third kappa shape index (κ3) is 7.66. The van der Waals surface area contributed by atoms with Crippen LogP contribution in [0.5, 0.6) is 0 Å². The number of carbonyl (C=O) groups excluding carboxylic acids is 2. The first-order chi connectivity index (χ1) is 9.13. The Kier molecular flexibility index (Phi) is 7.25. The Morgan fingerprint density at radius 2 is 1.84 bits per heavy atom. The summed E-state index contributed by atoms with van der Waals surface area (Å²) in [4.78, 5) is 22.4. The summed E-state index contributed by atoms with van der Waals surface area (Å²) in [6.45, 7) is 1.61. The van der Waals surface area contributed by atoms with Gasteiger partial charge < -0.3 is 9.53 Å². The molecule has 1 aliphatic rings. The fourth-order valence-electron chi connectivity index (χ4n) is 2.11. The van der Waals surface area contributed by atoms with Crippen molar-refractivity contribution in [2.24, 2.45) is 5.92 Å². The zero-order valence-electron chi connectivity index (χ0n) is 11.8. The molecule has 0 aromatic rings. The zero-order chi connectivity index (χ0) is 14.1. The molecule has 1 fully saturated rings. The summed E-state index contributed by atoms with van der Waals surface area (Å²) >= 11 is 0. The van der Waals surface area contributed by atoms with Crippen molar-refractivity contribution in [3.8, 4) is 12.3 Å². The van der Waals surface area contributed by atoms with Gasteiger partial charge in [0.25, 0.3) is 0 Å². The van der Waals surface area contributed by atoms with E-state index in [1.54, 1.807) is 6.92 Å². The number of ketones is 1. The lowest BCUT2D eigenvalue weighted by molar-refractivity contribution is -0.150. The Hall–Kier alpha value is -1.30. The molecule has 19 heavy (non-hydrogen) atoms. The number of ether oxygens (including phenoxy) is 1. The molecule has 1 rings (SSSR count). The minimum absolute atomic E-state index is 0.0600. The first-order valence-corrected chi connectivity index (χ1v) is 7.26. The molecule has 0 aromatic heterocycles. The predicted molar refractivity (Wildman–Crippen MR) is 74.4 cm³/mol. The van der Waals surface area contributed by atoms with Gasteiger partial charge >= 0.3 is 5.97 Å². The number of terminal acetylenes is 1. The molecule has 1 saturated carbocycles. The number of Topliss-reactive ketones (excluding diaryl/α,β-unsaturated/α-hetero) is 1. The highest BCUT2D eigenvalue weighted by Crippen LogP contribution is 2.35. The first kappa shape index (κ1) is 15.8. The second-order valence-corrected chi connectivity index (χ2v) is 5.39. The predicted octanol–water partition coefficient (Wildman–Crippen LogP) is 3.26. The van der Waals surface area contributed by atoms with E-state index in [1.807, 2.05) is 0 Å². The summed E-state index contributed by atoms with van der Waals surface area (Å²) < 4.78 is 5.42. The lowest BCUT2D eigenvalue weighted by Crippen LogP contribution is -2.19. The van der Waals surface area contributed by atoms with Gasteiger partial charge in [-0.1, -0.05) is 12.8 Å². The molecule has 106 valence electrons. The molecule has 0 spiro atoms. The molecule has 0 heterocycles. The topological polar surface area (TPSA) is 43.4 Å². The molecule has 0 amide bonds. The van der Waals surface area contributed by atoms with Crippen LogP contribution >= 0.6 is 0 Å². The molecule has 0 bridgehead atoms. The minimum Gasteiger partial charge on any atom is -0.461 e. The molecule has 1 atom stereocenters. The largest absolute Gasteiger partial charge is 0.461 e. The van der Waals surface area contributed by atoms with Crippen LogP contribution in [0.15, 0.2) is 0 Å². The van der Waals surface area contributed by atoms with Crippen LogP contribution in [-0.4, -0.2) is 17.9 Å². The Labute approximate surface area is 116 Å². The van der Waals surface area contributed by atoms with Gasteiger partial charge in [0.1, 0.15) is 11.9 Å². The van der Waals surface area contributed by atoms with E-state index in [-0.39, 0.29) is 17.9 Å². The number of rotatable bonds is 10. The minimum atomic E-state index is -0.126. The van der Waals surface area contributed by atoms with Gasteiger partial charge in [-0.25, -0.2) is 0 Å².